The van der Waals surface area contributed by atoms with E-state index in [1.54, 1.807) is 11.1 Å². The van der Waals surface area contributed by atoms with Crippen LogP contribution in [0.25, 0.3) is 0 Å². The topological polar surface area (TPSA) is 66.8 Å². The smallest absolute Gasteiger partial charge is 0.277 e. The number of hydrogen-bond donors (Lipinski definition) is 1. The maximum absolute atomic E-state index is 13.3. The summed E-state index contributed by atoms with van der Waals surface area (Å²) in [5.74, 6) is 0.317. The van der Waals surface area contributed by atoms with Crippen LogP contribution in [0.1, 0.15) is 67.1 Å². The van der Waals surface area contributed by atoms with Crippen LogP contribution in [-0.4, -0.2) is 25.9 Å². The van der Waals surface area contributed by atoms with Crippen LogP contribution in [0.2, 0.25) is 5.02 Å². The molecule has 1 aliphatic heterocycles. The number of nitrogens with one attached hydrogen (secondary N) is 1. The fraction of sp³-hybridized carbons (Fsp3) is 0.381. The lowest BCUT2D eigenvalue weighted by atomic mass is 9.95. The van der Waals surface area contributed by atoms with Crippen molar-refractivity contribution in [3.05, 3.63) is 64.2 Å². The highest BCUT2D eigenvalue weighted by atomic mass is 35.5. The standard InChI is InChI=1S/C21H24ClN5O/c1-12(2)9-17-18-19(25-24-17)21(28)27(14-10-23-26(11-14)13(3)4)20(18)15-7-5-6-8-16(15)22/h5-8,10-13,20H,9H2,1-4H3,(H,24,25). The molecule has 146 valence electrons. The molecule has 6 nitrogen and oxygen atoms in total. The summed E-state index contributed by atoms with van der Waals surface area (Å²) in [5.41, 5.74) is 4.02. The quantitative estimate of drug-likeness (QED) is 0.673. The molecule has 1 aliphatic rings. The first kappa shape index (κ1) is 18.7. The molecule has 3 aromatic rings. The highest BCUT2D eigenvalue weighted by Gasteiger charge is 2.44. The molecule has 0 spiro atoms. The number of anilines is 1. The van der Waals surface area contributed by atoms with E-state index in [1.165, 1.54) is 0 Å². The van der Waals surface area contributed by atoms with E-state index in [-0.39, 0.29) is 18.0 Å². The molecule has 0 saturated heterocycles. The van der Waals surface area contributed by atoms with Gasteiger partial charge in [0.05, 0.1) is 23.6 Å². The first-order valence-corrected chi connectivity index (χ1v) is 9.95. The van der Waals surface area contributed by atoms with Gasteiger partial charge >= 0.3 is 0 Å². The molecule has 7 heteroatoms. The molecule has 1 unspecified atom stereocenters. The van der Waals surface area contributed by atoms with Crippen LogP contribution in [0.5, 0.6) is 0 Å². The third-order valence-corrected chi connectivity index (χ3v) is 5.39. The maximum Gasteiger partial charge on any atom is 0.277 e. The molecule has 0 fully saturated rings. The summed E-state index contributed by atoms with van der Waals surface area (Å²) in [6, 6.07) is 7.56. The van der Waals surface area contributed by atoms with Gasteiger partial charge in [0, 0.05) is 22.8 Å². The predicted molar refractivity (Wildman–Crippen MR) is 110 cm³/mol. The van der Waals surface area contributed by atoms with Gasteiger partial charge in [0.25, 0.3) is 5.91 Å². The normalized spacial score (nSPS) is 16.5. The van der Waals surface area contributed by atoms with Crippen LogP contribution in [-0.2, 0) is 6.42 Å². The third-order valence-electron chi connectivity index (χ3n) is 5.04. The van der Waals surface area contributed by atoms with Crippen molar-refractivity contribution in [3.8, 4) is 0 Å². The minimum absolute atomic E-state index is 0.106. The Hall–Kier alpha value is -2.60. The second-order valence-electron chi connectivity index (χ2n) is 7.93. The molecule has 0 aliphatic carbocycles. The lowest BCUT2D eigenvalue weighted by molar-refractivity contribution is 0.0988. The number of rotatable bonds is 5. The minimum atomic E-state index is -0.325. The third kappa shape index (κ3) is 3.02. The van der Waals surface area contributed by atoms with Crippen molar-refractivity contribution >= 4 is 23.2 Å². The van der Waals surface area contributed by atoms with Crippen molar-refractivity contribution < 1.29 is 4.79 Å². The van der Waals surface area contributed by atoms with Gasteiger partial charge in [-0.25, -0.2) is 0 Å². The maximum atomic E-state index is 13.3. The summed E-state index contributed by atoms with van der Waals surface area (Å²) in [4.78, 5) is 15.1. The van der Waals surface area contributed by atoms with E-state index >= 15 is 0 Å². The molecule has 3 heterocycles. The van der Waals surface area contributed by atoms with Crippen molar-refractivity contribution in [1.29, 1.82) is 0 Å². The van der Waals surface area contributed by atoms with Gasteiger partial charge in [-0.1, -0.05) is 43.6 Å². The Labute approximate surface area is 169 Å². The Bertz CT molecular complexity index is 1020. The molecule has 28 heavy (non-hydrogen) atoms. The van der Waals surface area contributed by atoms with E-state index in [4.69, 9.17) is 11.6 Å². The van der Waals surface area contributed by atoms with Gasteiger partial charge in [0.2, 0.25) is 0 Å². The molecule has 2 aromatic heterocycles. The first-order valence-electron chi connectivity index (χ1n) is 9.57. The van der Waals surface area contributed by atoms with Gasteiger partial charge in [0.15, 0.2) is 0 Å². The molecule has 1 amide bonds. The summed E-state index contributed by atoms with van der Waals surface area (Å²) in [5, 5.41) is 12.5. The van der Waals surface area contributed by atoms with Crippen molar-refractivity contribution in [3.63, 3.8) is 0 Å². The Morgan fingerprint density at radius 1 is 1.21 bits per heavy atom. The van der Waals surface area contributed by atoms with Crippen molar-refractivity contribution in [1.82, 2.24) is 20.0 Å². The Morgan fingerprint density at radius 2 is 1.96 bits per heavy atom. The van der Waals surface area contributed by atoms with Crippen molar-refractivity contribution in [2.75, 3.05) is 4.90 Å². The average molecular weight is 398 g/mol. The van der Waals surface area contributed by atoms with Crippen LogP contribution in [0.15, 0.2) is 36.7 Å². The number of amides is 1. The van der Waals surface area contributed by atoms with Gasteiger partial charge in [-0.2, -0.15) is 10.2 Å². The number of benzene rings is 1. The first-order chi connectivity index (χ1) is 13.4. The van der Waals surface area contributed by atoms with E-state index in [9.17, 15) is 4.79 Å². The summed E-state index contributed by atoms with van der Waals surface area (Å²) >= 11 is 6.56. The molecule has 0 radical (unpaired) electrons. The van der Waals surface area contributed by atoms with Crippen LogP contribution in [0, 0.1) is 5.92 Å². The Kier molecular flexibility index (Phi) is 4.75. The number of nitrogens with zero attached hydrogens (tertiary/aromatic N) is 4. The van der Waals surface area contributed by atoms with Gasteiger partial charge in [0.1, 0.15) is 5.69 Å². The SMILES string of the molecule is CC(C)Cc1n[nH]c2c1C(c1ccccc1Cl)N(c1cnn(C(C)C)c1)C2=O. The molecule has 0 bridgehead atoms. The fourth-order valence-corrected chi connectivity index (χ4v) is 3.99. The van der Waals surface area contributed by atoms with Crippen LogP contribution < -0.4 is 4.90 Å². The summed E-state index contributed by atoms with van der Waals surface area (Å²) in [7, 11) is 0. The monoisotopic (exact) mass is 397 g/mol. The van der Waals surface area contributed by atoms with E-state index < -0.39 is 0 Å². The van der Waals surface area contributed by atoms with Gasteiger partial charge in [-0.05, 0) is 37.8 Å². The van der Waals surface area contributed by atoms with Crippen molar-refractivity contribution in [2.45, 2.75) is 46.2 Å². The number of hydrogen-bond acceptors (Lipinski definition) is 3. The van der Waals surface area contributed by atoms with E-state index in [0.29, 0.717) is 16.6 Å². The summed E-state index contributed by atoms with van der Waals surface area (Å²) < 4.78 is 1.85. The second kappa shape index (κ2) is 7.09. The largest absolute Gasteiger partial charge is 0.292 e. The minimum Gasteiger partial charge on any atom is -0.292 e. The number of aromatic amines is 1. The zero-order valence-electron chi connectivity index (χ0n) is 16.5. The highest BCUT2D eigenvalue weighted by Crippen LogP contribution is 2.44. The number of carbonyl (C=O) groups is 1. The second-order valence-corrected chi connectivity index (χ2v) is 8.34. The average Bonchev–Trinajstić information content (AvgIpc) is 3.32. The van der Waals surface area contributed by atoms with Gasteiger partial charge < -0.3 is 0 Å². The van der Waals surface area contributed by atoms with E-state index in [2.05, 4.69) is 43.0 Å². The van der Waals surface area contributed by atoms with Crippen LogP contribution in [0.4, 0.5) is 5.69 Å². The highest BCUT2D eigenvalue weighted by molar-refractivity contribution is 6.31. The lowest BCUT2D eigenvalue weighted by Gasteiger charge is -2.26. The van der Waals surface area contributed by atoms with Crippen LogP contribution >= 0.6 is 11.6 Å². The number of halogens is 1. The van der Waals surface area contributed by atoms with Crippen molar-refractivity contribution in [2.24, 2.45) is 5.92 Å². The predicted octanol–water partition coefficient (Wildman–Crippen LogP) is 4.79. The summed E-state index contributed by atoms with van der Waals surface area (Å²) in [6.45, 7) is 8.40. The zero-order valence-corrected chi connectivity index (χ0v) is 17.2. The Morgan fingerprint density at radius 3 is 2.61 bits per heavy atom. The van der Waals surface area contributed by atoms with Crippen LogP contribution in [0.3, 0.4) is 0 Å². The summed E-state index contributed by atoms with van der Waals surface area (Å²) in [6.07, 6.45) is 4.44. The number of H-pyrrole nitrogens is 1. The Balaban J connectivity index is 1.89. The number of carbonyl (C=O) groups excluding carboxylic acids is 1. The lowest BCUT2D eigenvalue weighted by Crippen LogP contribution is -2.29. The molecular weight excluding hydrogens is 374 g/mol. The number of aromatic nitrogens is 4. The molecule has 4 rings (SSSR count). The number of fused-ring (bicyclic) bond motifs is 1. The molecule has 1 N–H and O–H groups in total. The molecule has 0 saturated carbocycles. The fourth-order valence-electron chi connectivity index (χ4n) is 3.75. The van der Waals surface area contributed by atoms with E-state index in [0.717, 1.165) is 28.9 Å². The molecule has 1 aromatic carbocycles. The van der Waals surface area contributed by atoms with E-state index in [1.807, 2.05) is 35.1 Å². The molecular formula is C21H24ClN5O. The van der Waals surface area contributed by atoms with Gasteiger partial charge in [-0.15, -0.1) is 0 Å². The molecule has 1 atom stereocenters. The zero-order chi connectivity index (χ0) is 20.0. The van der Waals surface area contributed by atoms with Gasteiger partial charge in [-0.3, -0.25) is 19.5 Å².